The lowest BCUT2D eigenvalue weighted by atomic mass is 10.1. The highest BCUT2D eigenvalue weighted by atomic mass is 19.1. The van der Waals surface area contributed by atoms with Crippen molar-refractivity contribution in [1.29, 1.82) is 0 Å². The molecule has 29 heavy (non-hydrogen) atoms. The van der Waals surface area contributed by atoms with Gasteiger partial charge in [0, 0.05) is 11.9 Å². The SMILES string of the molecule is CCOc1ccccc1-c1noc(-c2c(O)c3ccc(F)cc3n(CC)c2=O)n1. The van der Waals surface area contributed by atoms with Crippen LogP contribution in [0.5, 0.6) is 11.5 Å². The van der Waals surface area contributed by atoms with Crippen LogP contribution in [0.4, 0.5) is 4.39 Å². The van der Waals surface area contributed by atoms with E-state index in [0.29, 0.717) is 28.8 Å². The minimum atomic E-state index is -0.545. The first-order chi connectivity index (χ1) is 14.0. The molecule has 148 valence electrons. The first kappa shape index (κ1) is 18.7. The Morgan fingerprint density at radius 3 is 2.76 bits per heavy atom. The first-order valence-electron chi connectivity index (χ1n) is 9.16. The fraction of sp³-hybridized carbons (Fsp3) is 0.190. The summed E-state index contributed by atoms with van der Waals surface area (Å²) in [6.07, 6.45) is 0. The molecule has 0 aliphatic carbocycles. The Morgan fingerprint density at radius 1 is 1.21 bits per heavy atom. The summed E-state index contributed by atoms with van der Waals surface area (Å²) in [6.45, 7) is 4.36. The molecule has 0 saturated heterocycles. The molecule has 4 rings (SSSR count). The molecule has 4 aromatic rings. The quantitative estimate of drug-likeness (QED) is 0.550. The number of aryl methyl sites for hydroxylation is 1. The minimum Gasteiger partial charge on any atom is -0.506 e. The van der Waals surface area contributed by atoms with E-state index in [4.69, 9.17) is 9.26 Å². The number of ether oxygens (including phenoxy) is 1. The monoisotopic (exact) mass is 395 g/mol. The topological polar surface area (TPSA) is 90.4 Å². The van der Waals surface area contributed by atoms with Gasteiger partial charge in [0.2, 0.25) is 5.82 Å². The van der Waals surface area contributed by atoms with Gasteiger partial charge >= 0.3 is 0 Å². The maximum Gasteiger partial charge on any atom is 0.267 e. The van der Waals surface area contributed by atoms with Crippen LogP contribution in [0, 0.1) is 5.82 Å². The van der Waals surface area contributed by atoms with E-state index in [2.05, 4.69) is 10.1 Å². The molecule has 0 unspecified atom stereocenters. The van der Waals surface area contributed by atoms with Crippen molar-refractivity contribution in [3.8, 4) is 34.3 Å². The summed E-state index contributed by atoms with van der Waals surface area (Å²) >= 11 is 0. The van der Waals surface area contributed by atoms with E-state index in [0.717, 1.165) is 0 Å². The summed E-state index contributed by atoms with van der Waals surface area (Å²) in [5, 5.41) is 15.0. The number of rotatable bonds is 5. The second-order valence-corrected chi connectivity index (χ2v) is 6.29. The summed E-state index contributed by atoms with van der Waals surface area (Å²) in [4.78, 5) is 17.3. The smallest absolute Gasteiger partial charge is 0.267 e. The van der Waals surface area contributed by atoms with Gasteiger partial charge in [0.1, 0.15) is 22.9 Å². The molecule has 0 aliphatic heterocycles. The van der Waals surface area contributed by atoms with Gasteiger partial charge in [0.05, 0.1) is 17.7 Å². The first-order valence-corrected chi connectivity index (χ1v) is 9.16. The van der Waals surface area contributed by atoms with Crippen LogP contribution in [-0.4, -0.2) is 26.4 Å². The molecule has 0 atom stereocenters. The highest BCUT2D eigenvalue weighted by Crippen LogP contribution is 2.34. The maximum absolute atomic E-state index is 13.7. The van der Waals surface area contributed by atoms with Crippen LogP contribution in [0.25, 0.3) is 33.7 Å². The van der Waals surface area contributed by atoms with Crippen molar-refractivity contribution in [3.63, 3.8) is 0 Å². The van der Waals surface area contributed by atoms with Crippen molar-refractivity contribution in [3.05, 3.63) is 58.6 Å². The van der Waals surface area contributed by atoms with Gasteiger partial charge < -0.3 is 18.9 Å². The molecule has 0 amide bonds. The van der Waals surface area contributed by atoms with Gasteiger partial charge in [-0.3, -0.25) is 4.79 Å². The number of pyridine rings is 1. The van der Waals surface area contributed by atoms with Crippen LogP contribution in [0.15, 0.2) is 51.8 Å². The molecule has 0 spiro atoms. The number of hydrogen-bond acceptors (Lipinski definition) is 6. The number of nitrogens with zero attached hydrogens (tertiary/aromatic N) is 3. The Bertz CT molecular complexity index is 1260. The van der Waals surface area contributed by atoms with Gasteiger partial charge in [-0.2, -0.15) is 4.98 Å². The van der Waals surface area contributed by atoms with Gasteiger partial charge in [-0.05, 0) is 44.2 Å². The van der Waals surface area contributed by atoms with Crippen molar-refractivity contribution in [2.45, 2.75) is 20.4 Å². The highest BCUT2D eigenvalue weighted by molar-refractivity contribution is 5.91. The number of benzene rings is 2. The standard InChI is InChI=1S/C21H18FN3O4/c1-3-25-15-11-12(22)9-10-13(15)18(26)17(21(25)27)20-23-19(24-29-20)14-7-5-6-8-16(14)28-4-2/h5-11,26H,3-4H2,1-2H3. The molecule has 2 aromatic carbocycles. The zero-order valence-corrected chi connectivity index (χ0v) is 15.8. The van der Waals surface area contributed by atoms with E-state index < -0.39 is 11.4 Å². The normalized spacial score (nSPS) is 11.1. The van der Waals surface area contributed by atoms with Crippen molar-refractivity contribution in [2.75, 3.05) is 6.61 Å². The molecule has 7 nitrogen and oxygen atoms in total. The number of fused-ring (bicyclic) bond motifs is 1. The number of para-hydroxylation sites is 1. The van der Waals surface area contributed by atoms with Crippen molar-refractivity contribution >= 4 is 10.9 Å². The average molecular weight is 395 g/mol. The molecule has 1 N–H and O–H groups in total. The van der Waals surface area contributed by atoms with Crippen LogP contribution in [0.2, 0.25) is 0 Å². The number of aromatic hydroxyl groups is 1. The fourth-order valence-corrected chi connectivity index (χ4v) is 3.28. The Hall–Kier alpha value is -3.68. The molecule has 0 aliphatic rings. The Morgan fingerprint density at radius 2 is 2.00 bits per heavy atom. The third kappa shape index (κ3) is 3.12. The molecule has 0 fully saturated rings. The van der Waals surface area contributed by atoms with E-state index >= 15 is 0 Å². The number of hydrogen-bond donors (Lipinski definition) is 1. The number of aromatic nitrogens is 3. The summed E-state index contributed by atoms with van der Waals surface area (Å²) in [7, 11) is 0. The van der Waals surface area contributed by atoms with Gasteiger partial charge in [0.25, 0.3) is 11.4 Å². The molecular formula is C21H18FN3O4. The summed E-state index contributed by atoms with van der Waals surface area (Å²) < 4.78 is 25.9. The van der Waals surface area contributed by atoms with Crippen LogP contribution >= 0.6 is 0 Å². The predicted octanol–water partition coefficient (Wildman–Crippen LogP) is 3.98. The number of halogens is 1. The van der Waals surface area contributed by atoms with Crippen molar-refractivity contribution < 1.29 is 18.8 Å². The zero-order valence-electron chi connectivity index (χ0n) is 15.8. The maximum atomic E-state index is 13.7. The van der Waals surface area contributed by atoms with Crippen molar-refractivity contribution in [1.82, 2.24) is 14.7 Å². The van der Waals surface area contributed by atoms with Gasteiger partial charge in [-0.15, -0.1) is 0 Å². The second kappa shape index (κ2) is 7.38. The molecule has 2 aromatic heterocycles. The third-order valence-corrected chi connectivity index (χ3v) is 4.59. The van der Waals surface area contributed by atoms with Crippen LogP contribution in [0.1, 0.15) is 13.8 Å². The van der Waals surface area contributed by atoms with Crippen molar-refractivity contribution in [2.24, 2.45) is 0 Å². The lowest BCUT2D eigenvalue weighted by Crippen LogP contribution is -2.21. The molecule has 0 saturated carbocycles. The lowest BCUT2D eigenvalue weighted by Gasteiger charge is -2.11. The zero-order chi connectivity index (χ0) is 20.5. The largest absolute Gasteiger partial charge is 0.506 e. The van der Waals surface area contributed by atoms with E-state index in [1.54, 1.807) is 25.1 Å². The fourth-order valence-electron chi connectivity index (χ4n) is 3.28. The Balaban J connectivity index is 1.92. The molecule has 2 heterocycles. The second-order valence-electron chi connectivity index (χ2n) is 6.29. The van der Waals surface area contributed by atoms with Crippen LogP contribution < -0.4 is 10.3 Å². The summed E-state index contributed by atoms with van der Waals surface area (Å²) in [5.41, 5.74) is 0.220. The molecule has 0 radical (unpaired) electrons. The molecule has 8 heteroatoms. The third-order valence-electron chi connectivity index (χ3n) is 4.59. The summed E-state index contributed by atoms with van der Waals surface area (Å²) in [5.74, 6) is -0.152. The minimum absolute atomic E-state index is 0.123. The van der Waals surface area contributed by atoms with E-state index in [1.165, 1.54) is 22.8 Å². The van der Waals surface area contributed by atoms with Gasteiger partial charge in [-0.1, -0.05) is 17.3 Å². The van der Waals surface area contributed by atoms with Crippen LogP contribution in [0.3, 0.4) is 0 Å². The predicted molar refractivity (Wildman–Crippen MR) is 105 cm³/mol. The van der Waals surface area contributed by atoms with Gasteiger partial charge in [-0.25, -0.2) is 4.39 Å². The van der Waals surface area contributed by atoms with Gasteiger partial charge in [0.15, 0.2) is 0 Å². The van der Waals surface area contributed by atoms with Crippen LogP contribution in [-0.2, 0) is 6.54 Å². The molecular weight excluding hydrogens is 377 g/mol. The summed E-state index contributed by atoms with van der Waals surface area (Å²) in [6, 6.07) is 11.0. The highest BCUT2D eigenvalue weighted by Gasteiger charge is 2.23. The van der Waals surface area contributed by atoms with E-state index in [1.807, 2.05) is 13.0 Å². The average Bonchev–Trinajstić information content (AvgIpc) is 3.18. The Kier molecular flexibility index (Phi) is 4.75. The Labute approximate surface area is 165 Å². The molecule has 0 bridgehead atoms. The lowest BCUT2D eigenvalue weighted by molar-refractivity contribution is 0.341. The van der Waals surface area contributed by atoms with E-state index in [9.17, 15) is 14.3 Å². The van der Waals surface area contributed by atoms with E-state index in [-0.39, 0.29) is 29.6 Å².